The Balaban J connectivity index is 2.23. The van der Waals surface area contributed by atoms with E-state index in [1.165, 1.54) is 6.07 Å². The molecule has 0 spiro atoms. The van der Waals surface area contributed by atoms with E-state index in [2.05, 4.69) is 9.97 Å². The van der Waals surface area contributed by atoms with E-state index in [0.717, 1.165) is 17.0 Å². The van der Waals surface area contributed by atoms with Crippen molar-refractivity contribution in [2.24, 2.45) is 0 Å². The van der Waals surface area contributed by atoms with Gasteiger partial charge in [-0.25, -0.2) is 0 Å². The lowest BCUT2D eigenvalue weighted by molar-refractivity contribution is 1.18. The number of hydrogen-bond donors (Lipinski definition) is 1. The quantitative estimate of drug-likeness (QED) is 0.665. The van der Waals surface area contributed by atoms with E-state index in [1.54, 1.807) is 18.5 Å². The van der Waals surface area contributed by atoms with Crippen LogP contribution in [0.25, 0.3) is 17.0 Å². The summed E-state index contributed by atoms with van der Waals surface area (Å²) in [7, 11) is 0. The third-order valence-corrected chi connectivity index (χ3v) is 2.43. The zero-order chi connectivity index (χ0) is 11.0. The molecule has 0 fully saturated rings. The number of fused-ring (bicyclic) bond motifs is 1. The van der Waals surface area contributed by atoms with Crippen LogP contribution in [0.1, 0.15) is 0 Å². The molecule has 16 heavy (non-hydrogen) atoms. The van der Waals surface area contributed by atoms with Crippen LogP contribution in [-0.2, 0) is 0 Å². The number of aromatic nitrogens is 3. The highest BCUT2D eigenvalue weighted by Crippen LogP contribution is 2.14. The topological polar surface area (TPSA) is 50.2 Å². The van der Waals surface area contributed by atoms with E-state index >= 15 is 0 Å². The summed E-state index contributed by atoms with van der Waals surface area (Å²) >= 11 is 0. The molecule has 0 aliphatic rings. The fraction of sp³-hybridized carbons (Fsp3) is 0. The number of hydrogen-bond acceptors (Lipinski definition) is 2. The number of rotatable bonds is 1. The summed E-state index contributed by atoms with van der Waals surface area (Å²) in [5.41, 5.74) is 2.52. The van der Waals surface area contributed by atoms with Crippen molar-refractivity contribution in [1.29, 1.82) is 0 Å². The Morgan fingerprint density at radius 2 is 2.19 bits per heavy atom. The maximum atomic E-state index is 11.2. The SMILES string of the molecule is O=c1ccn2cc(-c3ccccn3)[nH]c2c1. The molecule has 3 rings (SSSR count). The van der Waals surface area contributed by atoms with Crippen molar-refractivity contribution < 1.29 is 0 Å². The summed E-state index contributed by atoms with van der Waals surface area (Å²) in [5.74, 6) is 0. The molecule has 3 heterocycles. The van der Waals surface area contributed by atoms with Crippen LogP contribution in [0.15, 0.2) is 53.7 Å². The van der Waals surface area contributed by atoms with Crippen LogP contribution in [0.5, 0.6) is 0 Å². The number of H-pyrrole nitrogens is 1. The van der Waals surface area contributed by atoms with Crippen LogP contribution < -0.4 is 5.43 Å². The molecule has 3 aromatic heterocycles. The Kier molecular flexibility index (Phi) is 1.86. The summed E-state index contributed by atoms with van der Waals surface area (Å²) in [5, 5.41) is 0. The van der Waals surface area contributed by atoms with Crippen LogP contribution in [0, 0.1) is 0 Å². The molecule has 4 nitrogen and oxygen atoms in total. The third kappa shape index (κ3) is 1.40. The first-order valence-corrected chi connectivity index (χ1v) is 4.95. The first-order valence-electron chi connectivity index (χ1n) is 4.95. The second-order valence-electron chi connectivity index (χ2n) is 3.54. The van der Waals surface area contributed by atoms with Crippen LogP contribution in [0.2, 0.25) is 0 Å². The normalized spacial score (nSPS) is 10.8. The summed E-state index contributed by atoms with van der Waals surface area (Å²) in [6.07, 6.45) is 5.39. The van der Waals surface area contributed by atoms with Crippen molar-refractivity contribution in [1.82, 2.24) is 14.4 Å². The molecule has 78 valence electrons. The first-order chi connectivity index (χ1) is 7.83. The van der Waals surface area contributed by atoms with Gasteiger partial charge in [-0.1, -0.05) is 6.07 Å². The Hall–Kier alpha value is -2.36. The van der Waals surface area contributed by atoms with Gasteiger partial charge in [0.1, 0.15) is 5.65 Å². The van der Waals surface area contributed by atoms with Gasteiger partial charge >= 0.3 is 0 Å². The van der Waals surface area contributed by atoms with Gasteiger partial charge in [0.05, 0.1) is 11.4 Å². The molecule has 0 aliphatic carbocycles. The summed E-state index contributed by atoms with van der Waals surface area (Å²) in [6.45, 7) is 0. The highest BCUT2D eigenvalue weighted by Gasteiger charge is 2.02. The monoisotopic (exact) mass is 211 g/mol. The fourth-order valence-electron chi connectivity index (χ4n) is 1.67. The minimum Gasteiger partial charge on any atom is -0.338 e. The van der Waals surface area contributed by atoms with Gasteiger partial charge in [-0.15, -0.1) is 0 Å². The van der Waals surface area contributed by atoms with Crippen molar-refractivity contribution in [3.05, 3.63) is 59.1 Å². The average Bonchev–Trinajstić information content (AvgIpc) is 2.73. The number of imidazole rings is 1. The fourth-order valence-corrected chi connectivity index (χ4v) is 1.67. The standard InChI is InChI=1S/C12H9N3O/c16-9-4-6-15-8-11(14-12(15)7-9)10-3-1-2-5-13-10/h1-8,14H. The van der Waals surface area contributed by atoms with Crippen molar-refractivity contribution in [2.75, 3.05) is 0 Å². The summed E-state index contributed by atoms with van der Waals surface area (Å²) < 4.78 is 1.87. The van der Waals surface area contributed by atoms with E-state index < -0.39 is 0 Å². The smallest absolute Gasteiger partial charge is 0.183 e. The summed E-state index contributed by atoms with van der Waals surface area (Å²) in [6, 6.07) is 8.81. The van der Waals surface area contributed by atoms with E-state index in [-0.39, 0.29) is 5.43 Å². The van der Waals surface area contributed by atoms with E-state index in [0.29, 0.717) is 0 Å². The molecule has 0 aromatic carbocycles. The van der Waals surface area contributed by atoms with E-state index in [4.69, 9.17) is 0 Å². The lowest BCUT2D eigenvalue weighted by atomic mass is 10.3. The maximum Gasteiger partial charge on any atom is 0.183 e. The van der Waals surface area contributed by atoms with Crippen LogP contribution in [0.3, 0.4) is 0 Å². The lowest BCUT2D eigenvalue weighted by Gasteiger charge is -1.92. The highest BCUT2D eigenvalue weighted by atomic mass is 16.1. The first kappa shape index (κ1) is 8.91. The summed E-state index contributed by atoms with van der Waals surface area (Å²) in [4.78, 5) is 18.6. The van der Waals surface area contributed by atoms with E-state index in [1.807, 2.05) is 28.8 Å². The molecule has 0 amide bonds. The number of nitrogens with one attached hydrogen (secondary N) is 1. The minimum atomic E-state index is -0.00517. The highest BCUT2D eigenvalue weighted by molar-refractivity contribution is 5.58. The second kappa shape index (κ2) is 3.34. The van der Waals surface area contributed by atoms with Gasteiger partial charge in [-0.2, -0.15) is 0 Å². The molecule has 0 atom stereocenters. The molecule has 1 N–H and O–H groups in total. The molecule has 0 radical (unpaired) electrons. The molecular formula is C12H9N3O. The van der Waals surface area contributed by atoms with Gasteiger partial charge in [-0.05, 0) is 12.1 Å². The number of nitrogens with zero attached hydrogens (tertiary/aromatic N) is 2. The molecular weight excluding hydrogens is 202 g/mol. The van der Waals surface area contributed by atoms with Gasteiger partial charge in [-0.3, -0.25) is 9.78 Å². The van der Waals surface area contributed by atoms with Crippen molar-refractivity contribution in [3.63, 3.8) is 0 Å². The van der Waals surface area contributed by atoms with Crippen LogP contribution in [0.4, 0.5) is 0 Å². The zero-order valence-corrected chi connectivity index (χ0v) is 8.42. The third-order valence-electron chi connectivity index (χ3n) is 2.43. The Bertz CT molecular complexity index is 682. The number of aromatic amines is 1. The van der Waals surface area contributed by atoms with Crippen molar-refractivity contribution >= 4 is 5.65 Å². The average molecular weight is 211 g/mol. The van der Waals surface area contributed by atoms with Gasteiger partial charge in [0.2, 0.25) is 0 Å². The molecule has 0 aliphatic heterocycles. The Labute approximate surface area is 91.2 Å². The molecule has 3 aromatic rings. The predicted octanol–water partition coefficient (Wildman–Crippen LogP) is 1.69. The zero-order valence-electron chi connectivity index (χ0n) is 8.42. The maximum absolute atomic E-state index is 11.2. The van der Waals surface area contributed by atoms with Gasteiger partial charge in [0, 0.05) is 30.7 Å². The Morgan fingerprint density at radius 1 is 1.25 bits per heavy atom. The molecule has 0 bridgehead atoms. The second-order valence-corrected chi connectivity index (χ2v) is 3.54. The lowest BCUT2D eigenvalue weighted by Crippen LogP contribution is -1.97. The molecule has 0 saturated heterocycles. The van der Waals surface area contributed by atoms with Crippen LogP contribution >= 0.6 is 0 Å². The van der Waals surface area contributed by atoms with E-state index in [9.17, 15) is 4.79 Å². The predicted molar refractivity (Wildman–Crippen MR) is 61.2 cm³/mol. The number of pyridine rings is 2. The molecule has 4 heteroatoms. The minimum absolute atomic E-state index is 0.00517. The van der Waals surface area contributed by atoms with Crippen molar-refractivity contribution in [2.45, 2.75) is 0 Å². The van der Waals surface area contributed by atoms with Gasteiger partial charge < -0.3 is 9.38 Å². The largest absolute Gasteiger partial charge is 0.338 e. The van der Waals surface area contributed by atoms with Crippen molar-refractivity contribution in [3.8, 4) is 11.4 Å². The van der Waals surface area contributed by atoms with Crippen LogP contribution in [-0.4, -0.2) is 14.4 Å². The Morgan fingerprint density at radius 3 is 3.00 bits per heavy atom. The van der Waals surface area contributed by atoms with Gasteiger partial charge in [0.25, 0.3) is 0 Å². The molecule has 0 saturated carbocycles. The van der Waals surface area contributed by atoms with Gasteiger partial charge in [0.15, 0.2) is 5.43 Å². The molecule has 0 unspecified atom stereocenters.